The lowest BCUT2D eigenvalue weighted by Gasteiger charge is -2.26. The van der Waals surface area contributed by atoms with Crippen LogP contribution in [-0.2, 0) is 15.8 Å². The number of Topliss-reactive ketones (excluding diaryl/α,β-unsaturated/α-hetero) is 1. The third-order valence-corrected chi connectivity index (χ3v) is 5.69. The minimum absolute atomic E-state index is 0.142. The van der Waals surface area contributed by atoms with E-state index in [4.69, 9.17) is 11.6 Å². The maximum absolute atomic E-state index is 13.3. The Kier molecular flexibility index (Phi) is 6.08. The highest BCUT2D eigenvalue weighted by molar-refractivity contribution is 6.51. The van der Waals surface area contributed by atoms with Crippen LogP contribution in [0.4, 0.5) is 24.5 Å². The summed E-state index contributed by atoms with van der Waals surface area (Å²) >= 11 is 5.87. The van der Waals surface area contributed by atoms with Gasteiger partial charge in [0.25, 0.3) is 17.4 Å². The Morgan fingerprint density at radius 2 is 1.63 bits per heavy atom. The fourth-order valence-electron chi connectivity index (χ4n) is 3.79. The summed E-state index contributed by atoms with van der Waals surface area (Å²) in [5.41, 5.74) is -1.63. The lowest BCUT2D eigenvalue weighted by atomic mass is 9.95. The molecule has 0 aromatic heterocycles. The van der Waals surface area contributed by atoms with Crippen LogP contribution >= 0.6 is 11.6 Å². The van der Waals surface area contributed by atoms with Gasteiger partial charge in [-0.3, -0.25) is 24.6 Å². The number of nitro groups is 1. The Hall–Kier alpha value is -4.18. The van der Waals surface area contributed by atoms with E-state index in [2.05, 4.69) is 0 Å². The van der Waals surface area contributed by atoms with Gasteiger partial charge in [-0.05, 0) is 60.2 Å². The minimum Gasteiger partial charge on any atom is -0.507 e. The van der Waals surface area contributed by atoms with Gasteiger partial charge in [0.15, 0.2) is 0 Å². The van der Waals surface area contributed by atoms with Gasteiger partial charge < -0.3 is 5.11 Å². The molecule has 1 heterocycles. The fourth-order valence-corrected chi connectivity index (χ4v) is 3.91. The van der Waals surface area contributed by atoms with E-state index in [0.29, 0.717) is 11.1 Å². The van der Waals surface area contributed by atoms with Crippen molar-refractivity contribution in [2.75, 3.05) is 4.90 Å². The molecule has 1 aliphatic rings. The summed E-state index contributed by atoms with van der Waals surface area (Å²) in [6.07, 6.45) is -4.71. The molecular weight excluding hydrogens is 489 g/mol. The number of carbonyl (C=O) groups is 2. The molecule has 0 saturated carbocycles. The van der Waals surface area contributed by atoms with Crippen molar-refractivity contribution < 1.29 is 32.8 Å². The second-order valence-electron chi connectivity index (χ2n) is 7.57. The van der Waals surface area contributed by atoms with Gasteiger partial charge in [0, 0.05) is 28.4 Å². The number of rotatable bonds is 4. The van der Waals surface area contributed by atoms with Gasteiger partial charge in [0.1, 0.15) is 5.76 Å². The largest absolute Gasteiger partial charge is 0.507 e. The number of aliphatic hydroxyl groups is 1. The summed E-state index contributed by atoms with van der Waals surface area (Å²) in [6, 6.07) is 13.0. The predicted octanol–water partition coefficient (Wildman–Crippen LogP) is 5.89. The predicted molar refractivity (Wildman–Crippen MR) is 121 cm³/mol. The van der Waals surface area contributed by atoms with Crippen LogP contribution in [0, 0.1) is 10.1 Å². The average molecular weight is 503 g/mol. The van der Waals surface area contributed by atoms with Gasteiger partial charge in [0.2, 0.25) is 0 Å². The number of nitro benzene ring substituents is 1. The Bertz CT molecular complexity index is 1370. The van der Waals surface area contributed by atoms with Gasteiger partial charge in [-0.2, -0.15) is 13.2 Å². The van der Waals surface area contributed by atoms with Crippen LogP contribution < -0.4 is 4.90 Å². The van der Waals surface area contributed by atoms with E-state index in [1.807, 2.05) is 0 Å². The third kappa shape index (κ3) is 4.47. The molecule has 1 atom stereocenters. The Morgan fingerprint density at radius 1 is 1.00 bits per heavy atom. The van der Waals surface area contributed by atoms with Crippen molar-refractivity contribution in [3.63, 3.8) is 0 Å². The van der Waals surface area contributed by atoms with E-state index in [9.17, 15) is 38.0 Å². The van der Waals surface area contributed by atoms with Crippen molar-refractivity contribution >= 4 is 40.4 Å². The zero-order valence-electron chi connectivity index (χ0n) is 17.5. The maximum atomic E-state index is 13.3. The van der Waals surface area contributed by atoms with Crippen molar-refractivity contribution in [3.8, 4) is 0 Å². The molecule has 1 saturated heterocycles. The number of anilines is 1. The van der Waals surface area contributed by atoms with E-state index in [-0.39, 0.29) is 28.1 Å². The van der Waals surface area contributed by atoms with E-state index in [1.165, 1.54) is 42.5 Å². The first-order valence-corrected chi connectivity index (χ1v) is 10.4. The Morgan fingerprint density at radius 3 is 2.20 bits per heavy atom. The molecule has 1 amide bonds. The number of hydrogen-bond donors (Lipinski definition) is 1. The molecule has 0 radical (unpaired) electrons. The minimum atomic E-state index is -4.71. The highest BCUT2D eigenvalue weighted by Crippen LogP contribution is 2.43. The smallest absolute Gasteiger partial charge is 0.416 e. The van der Waals surface area contributed by atoms with Gasteiger partial charge in [0.05, 0.1) is 22.1 Å². The number of hydrogen-bond acceptors (Lipinski definition) is 5. The second-order valence-corrected chi connectivity index (χ2v) is 8.01. The molecular formula is C24H14ClF3N2O5. The first-order valence-electron chi connectivity index (χ1n) is 9.97. The quantitative estimate of drug-likeness (QED) is 0.157. The molecule has 0 spiro atoms. The molecule has 4 rings (SSSR count). The first kappa shape index (κ1) is 24.0. The van der Waals surface area contributed by atoms with Gasteiger partial charge in [-0.15, -0.1) is 0 Å². The molecule has 0 bridgehead atoms. The summed E-state index contributed by atoms with van der Waals surface area (Å²) in [5.74, 6) is -2.86. The molecule has 7 nitrogen and oxygen atoms in total. The van der Waals surface area contributed by atoms with Gasteiger partial charge in [-0.25, -0.2) is 0 Å². The monoisotopic (exact) mass is 502 g/mol. The van der Waals surface area contributed by atoms with Crippen molar-refractivity contribution in [2.45, 2.75) is 12.2 Å². The number of non-ortho nitro benzene ring substituents is 1. The van der Waals surface area contributed by atoms with E-state index in [0.717, 1.165) is 29.2 Å². The average Bonchev–Trinajstić information content (AvgIpc) is 3.09. The lowest BCUT2D eigenvalue weighted by molar-refractivity contribution is -0.384. The Labute approximate surface area is 200 Å². The summed E-state index contributed by atoms with van der Waals surface area (Å²) < 4.78 is 40.0. The molecule has 0 aliphatic carbocycles. The van der Waals surface area contributed by atoms with Crippen LogP contribution in [0.3, 0.4) is 0 Å². The van der Waals surface area contributed by atoms with Crippen molar-refractivity contribution in [1.29, 1.82) is 0 Å². The number of amides is 1. The number of aliphatic hydroxyl groups excluding tert-OH is 1. The van der Waals surface area contributed by atoms with Crippen molar-refractivity contribution in [1.82, 2.24) is 0 Å². The first-order chi connectivity index (χ1) is 16.5. The summed E-state index contributed by atoms with van der Waals surface area (Å²) in [7, 11) is 0. The molecule has 3 aromatic carbocycles. The molecule has 1 aliphatic heterocycles. The third-order valence-electron chi connectivity index (χ3n) is 5.43. The molecule has 35 heavy (non-hydrogen) atoms. The van der Waals surface area contributed by atoms with Crippen LogP contribution in [0.25, 0.3) is 5.76 Å². The number of benzene rings is 3. The van der Waals surface area contributed by atoms with Crippen LogP contribution in [0.2, 0.25) is 5.02 Å². The normalized spacial score (nSPS) is 17.6. The van der Waals surface area contributed by atoms with Gasteiger partial charge >= 0.3 is 6.18 Å². The number of halogens is 4. The SMILES string of the molecule is O=C1C(=O)N(c2cccc(C(F)(F)F)c2)C(c2ccc([N+](=O)[O-])cc2)C1=C(O)c1ccc(Cl)cc1. The van der Waals surface area contributed by atoms with Crippen LogP contribution in [0.1, 0.15) is 22.7 Å². The van der Waals surface area contributed by atoms with Crippen molar-refractivity contribution in [2.24, 2.45) is 0 Å². The molecule has 178 valence electrons. The fraction of sp³-hybridized carbons (Fsp3) is 0.0833. The molecule has 3 aromatic rings. The lowest BCUT2D eigenvalue weighted by Crippen LogP contribution is -2.29. The number of nitrogens with zero attached hydrogens (tertiary/aromatic N) is 2. The molecule has 1 unspecified atom stereocenters. The van der Waals surface area contributed by atoms with Gasteiger partial charge in [-0.1, -0.05) is 17.7 Å². The van der Waals surface area contributed by atoms with E-state index in [1.54, 1.807) is 0 Å². The van der Waals surface area contributed by atoms with E-state index < -0.39 is 40.2 Å². The highest BCUT2D eigenvalue weighted by Gasteiger charge is 2.47. The van der Waals surface area contributed by atoms with E-state index >= 15 is 0 Å². The molecule has 11 heteroatoms. The second kappa shape index (κ2) is 8.88. The van der Waals surface area contributed by atoms with Crippen LogP contribution in [0.15, 0.2) is 78.4 Å². The summed E-state index contributed by atoms with van der Waals surface area (Å²) in [5, 5.41) is 22.4. The zero-order chi connectivity index (χ0) is 25.5. The number of ketones is 1. The molecule has 1 N–H and O–H groups in total. The number of alkyl halides is 3. The standard InChI is InChI=1S/C24H14ClF3N2O5/c25-16-8-4-14(5-9-16)21(31)19-20(13-6-10-17(11-7-13)30(34)35)29(23(33)22(19)32)18-3-1-2-15(12-18)24(26,27)28/h1-12,20,31H. The maximum Gasteiger partial charge on any atom is 0.416 e. The summed E-state index contributed by atoms with van der Waals surface area (Å²) in [4.78, 5) is 37.3. The number of carbonyl (C=O) groups excluding carboxylic acids is 2. The van der Waals surface area contributed by atoms with Crippen molar-refractivity contribution in [3.05, 3.63) is 110 Å². The molecule has 1 fully saturated rings. The van der Waals surface area contributed by atoms with Crippen LogP contribution in [-0.4, -0.2) is 21.7 Å². The topological polar surface area (TPSA) is 101 Å². The highest BCUT2D eigenvalue weighted by atomic mass is 35.5. The summed E-state index contributed by atoms with van der Waals surface area (Å²) in [6.45, 7) is 0. The van der Waals surface area contributed by atoms with Crippen LogP contribution in [0.5, 0.6) is 0 Å². The zero-order valence-corrected chi connectivity index (χ0v) is 18.2. The Balaban J connectivity index is 1.94.